The van der Waals surface area contributed by atoms with E-state index >= 15 is 0 Å². The van der Waals surface area contributed by atoms with Gasteiger partial charge in [0.05, 0.1) is 13.7 Å². The number of aliphatic imine (C=N–C) groups is 1. The molecule has 3 atom stereocenters. The van der Waals surface area contributed by atoms with Crippen molar-refractivity contribution in [2.75, 3.05) is 19.4 Å². The number of methoxy groups -OCH3 is 1. The molecule has 29 heavy (non-hydrogen) atoms. The van der Waals surface area contributed by atoms with Crippen molar-refractivity contribution in [3.05, 3.63) is 42.0 Å². The maximum Gasteiger partial charge on any atom is 0.191 e. The van der Waals surface area contributed by atoms with Crippen molar-refractivity contribution < 1.29 is 8.95 Å². The lowest BCUT2D eigenvalue weighted by atomic mass is 9.95. The molecule has 6 heteroatoms. The molecule has 1 aliphatic carbocycles. The number of benzene rings is 2. The van der Waals surface area contributed by atoms with Crippen LogP contribution in [0.3, 0.4) is 0 Å². The van der Waals surface area contributed by atoms with E-state index in [1.807, 2.05) is 19.1 Å². The molecule has 2 aromatic carbocycles. The largest absolute Gasteiger partial charge is 0.497 e. The van der Waals surface area contributed by atoms with Crippen LogP contribution in [0, 0.1) is 0 Å². The summed E-state index contributed by atoms with van der Waals surface area (Å²) in [7, 11) is 0.977. The second-order valence-corrected chi connectivity index (χ2v) is 9.55. The van der Waals surface area contributed by atoms with E-state index < -0.39 is 10.8 Å². The third-order valence-corrected chi connectivity index (χ3v) is 7.24. The van der Waals surface area contributed by atoms with Crippen LogP contribution in [0.25, 0.3) is 10.8 Å². The molecular weight excluding hydrogens is 382 g/mol. The number of hydrogen-bond donors (Lipinski definition) is 2. The molecule has 0 amide bonds. The normalized spacial score (nSPS) is 21.0. The summed E-state index contributed by atoms with van der Waals surface area (Å²) >= 11 is 0. The molecule has 0 spiro atoms. The smallest absolute Gasteiger partial charge is 0.191 e. The molecule has 3 unspecified atom stereocenters. The number of guanidine groups is 1. The molecule has 0 saturated heterocycles. The van der Waals surface area contributed by atoms with E-state index in [1.54, 1.807) is 7.11 Å². The first-order valence-corrected chi connectivity index (χ1v) is 12.0. The van der Waals surface area contributed by atoms with Crippen molar-refractivity contribution in [1.29, 1.82) is 0 Å². The summed E-state index contributed by atoms with van der Waals surface area (Å²) in [4.78, 5) is 4.80. The van der Waals surface area contributed by atoms with Crippen LogP contribution in [-0.4, -0.2) is 40.9 Å². The number of ether oxygens (including phenoxy) is 1. The van der Waals surface area contributed by atoms with Gasteiger partial charge in [0.15, 0.2) is 5.96 Å². The zero-order chi connectivity index (χ0) is 20.6. The topological polar surface area (TPSA) is 62.7 Å². The van der Waals surface area contributed by atoms with Gasteiger partial charge >= 0.3 is 0 Å². The Hall–Kier alpha value is -2.08. The summed E-state index contributed by atoms with van der Waals surface area (Å²) in [6.07, 6.45) is 4.28. The minimum Gasteiger partial charge on any atom is -0.497 e. The Morgan fingerprint density at radius 1 is 1.17 bits per heavy atom. The molecule has 1 saturated carbocycles. The molecular formula is C23H33N3O2S. The molecule has 5 nitrogen and oxygen atoms in total. The van der Waals surface area contributed by atoms with Crippen molar-refractivity contribution in [2.24, 2.45) is 4.99 Å². The Morgan fingerprint density at radius 2 is 1.97 bits per heavy atom. The standard InChI is InChI=1S/C23H33N3O2S/c1-4-24-23(26-20-7-6-8-22(15-20)29(27)5-2)25-16-17-9-10-19-14-21(28-3)12-11-18(19)13-17/h9-14,20,22H,4-8,15-16H2,1-3H3,(H2,24,25,26). The van der Waals surface area contributed by atoms with Gasteiger partial charge in [-0.25, -0.2) is 4.99 Å². The molecule has 0 radical (unpaired) electrons. The van der Waals surface area contributed by atoms with E-state index in [4.69, 9.17) is 9.73 Å². The van der Waals surface area contributed by atoms with Crippen LogP contribution in [0.15, 0.2) is 41.4 Å². The van der Waals surface area contributed by atoms with Gasteiger partial charge in [0.1, 0.15) is 5.75 Å². The second kappa shape index (κ2) is 10.6. The van der Waals surface area contributed by atoms with Gasteiger partial charge in [-0.1, -0.05) is 31.5 Å². The number of hydrogen-bond acceptors (Lipinski definition) is 3. The van der Waals surface area contributed by atoms with Crippen molar-refractivity contribution in [2.45, 2.75) is 57.4 Å². The van der Waals surface area contributed by atoms with Gasteiger partial charge < -0.3 is 15.4 Å². The average Bonchev–Trinajstić information content (AvgIpc) is 2.76. The summed E-state index contributed by atoms with van der Waals surface area (Å²) in [6, 6.07) is 12.9. The quantitative estimate of drug-likeness (QED) is 0.530. The van der Waals surface area contributed by atoms with Crippen LogP contribution >= 0.6 is 0 Å². The van der Waals surface area contributed by atoms with Gasteiger partial charge in [-0.15, -0.1) is 0 Å². The average molecular weight is 416 g/mol. The van der Waals surface area contributed by atoms with E-state index in [2.05, 4.69) is 41.8 Å². The van der Waals surface area contributed by atoms with Crippen molar-refractivity contribution in [1.82, 2.24) is 10.6 Å². The Labute approximate surface area is 176 Å². The Morgan fingerprint density at radius 3 is 2.72 bits per heavy atom. The number of fused-ring (bicyclic) bond motifs is 1. The lowest BCUT2D eigenvalue weighted by molar-refractivity contribution is 0.413. The van der Waals surface area contributed by atoms with Gasteiger partial charge in [-0.05, 0) is 60.7 Å². The fourth-order valence-electron chi connectivity index (χ4n) is 3.93. The second-order valence-electron chi connectivity index (χ2n) is 7.54. The summed E-state index contributed by atoms with van der Waals surface area (Å²) in [5.74, 6) is 2.46. The predicted octanol–water partition coefficient (Wildman–Crippen LogP) is 3.98. The summed E-state index contributed by atoms with van der Waals surface area (Å²) < 4.78 is 17.5. The van der Waals surface area contributed by atoms with Crippen molar-refractivity contribution >= 4 is 27.5 Å². The summed E-state index contributed by atoms with van der Waals surface area (Å²) in [5, 5.41) is 9.60. The lowest BCUT2D eigenvalue weighted by Crippen LogP contribution is -2.46. The first kappa shape index (κ1) is 21.6. The van der Waals surface area contributed by atoms with Gasteiger partial charge in [0.2, 0.25) is 0 Å². The van der Waals surface area contributed by atoms with E-state index in [1.165, 1.54) is 16.3 Å². The molecule has 0 bridgehead atoms. The Bertz CT molecular complexity index is 868. The molecule has 2 aromatic rings. The third-order valence-electron chi connectivity index (χ3n) is 5.50. The van der Waals surface area contributed by atoms with Crippen LogP contribution in [0.5, 0.6) is 5.75 Å². The van der Waals surface area contributed by atoms with Crippen LogP contribution in [0.4, 0.5) is 0 Å². The lowest BCUT2D eigenvalue weighted by Gasteiger charge is -2.30. The molecule has 1 fully saturated rings. The van der Waals surface area contributed by atoms with Crippen molar-refractivity contribution in [3.63, 3.8) is 0 Å². The van der Waals surface area contributed by atoms with E-state index in [0.717, 1.165) is 49.7 Å². The maximum atomic E-state index is 12.2. The van der Waals surface area contributed by atoms with Crippen LogP contribution < -0.4 is 15.4 Å². The highest BCUT2D eigenvalue weighted by Gasteiger charge is 2.26. The molecule has 3 rings (SSSR count). The highest BCUT2D eigenvalue weighted by atomic mass is 32.2. The van der Waals surface area contributed by atoms with Crippen LogP contribution in [0.2, 0.25) is 0 Å². The minimum atomic E-state index is -0.711. The zero-order valence-corrected chi connectivity index (χ0v) is 18.6. The van der Waals surface area contributed by atoms with E-state index in [-0.39, 0.29) is 0 Å². The fourth-order valence-corrected chi connectivity index (χ4v) is 5.28. The van der Waals surface area contributed by atoms with Gasteiger partial charge in [0, 0.05) is 34.4 Å². The first-order valence-electron chi connectivity index (χ1n) is 10.6. The Balaban J connectivity index is 1.67. The molecule has 0 heterocycles. The first-order chi connectivity index (χ1) is 14.1. The highest BCUT2D eigenvalue weighted by molar-refractivity contribution is 7.85. The summed E-state index contributed by atoms with van der Waals surface area (Å²) in [5.41, 5.74) is 1.17. The minimum absolute atomic E-state index is 0.312. The molecule has 0 aromatic heterocycles. The van der Waals surface area contributed by atoms with E-state index in [9.17, 15) is 4.21 Å². The Kier molecular flexibility index (Phi) is 7.92. The number of nitrogens with zero attached hydrogens (tertiary/aromatic N) is 1. The molecule has 158 valence electrons. The number of rotatable bonds is 7. The van der Waals surface area contributed by atoms with Crippen LogP contribution in [-0.2, 0) is 17.3 Å². The summed E-state index contributed by atoms with van der Waals surface area (Å²) in [6.45, 7) is 5.53. The van der Waals surface area contributed by atoms with E-state index in [0.29, 0.717) is 17.8 Å². The van der Waals surface area contributed by atoms with Gasteiger partial charge in [-0.2, -0.15) is 0 Å². The third kappa shape index (κ3) is 5.95. The molecule has 1 aliphatic rings. The molecule has 2 N–H and O–H groups in total. The molecule has 0 aliphatic heterocycles. The maximum absolute atomic E-state index is 12.2. The highest BCUT2D eigenvalue weighted by Crippen LogP contribution is 2.24. The predicted molar refractivity (Wildman–Crippen MR) is 123 cm³/mol. The fraction of sp³-hybridized carbons (Fsp3) is 0.522. The number of nitrogens with one attached hydrogen (secondary N) is 2. The zero-order valence-electron chi connectivity index (χ0n) is 17.7. The van der Waals surface area contributed by atoms with Crippen LogP contribution in [0.1, 0.15) is 45.1 Å². The van der Waals surface area contributed by atoms with Crippen molar-refractivity contribution in [3.8, 4) is 5.75 Å². The SMILES string of the molecule is CCNC(=NCc1ccc2cc(OC)ccc2c1)NC1CCCC(S(=O)CC)C1. The van der Waals surface area contributed by atoms with Gasteiger partial charge in [0.25, 0.3) is 0 Å². The van der Waals surface area contributed by atoms with Gasteiger partial charge in [-0.3, -0.25) is 4.21 Å². The monoisotopic (exact) mass is 415 g/mol.